The fourth-order valence-corrected chi connectivity index (χ4v) is 3.70. The molecule has 0 aliphatic heterocycles. The van der Waals surface area contributed by atoms with Crippen LogP contribution in [-0.4, -0.2) is 22.3 Å². The summed E-state index contributed by atoms with van der Waals surface area (Å²) in [7, 11) is 0. The van der Waals surface area contributed by atoms with E-state index in [9.17, 15) is 9.90 Å². The summed E-state index contributed by atoms with van der Waals surface area (Å²) in [6.07, 6.45) is 19.7. The number of aliphatic carboxylic acids is 1. The standard InChI is InChI=1S/C20H34O3/c1-2-3-4-5-6-9-12-17-15-16-19(21)18(17)13-10-7-8-11-14-20(22)23/h7-8,11,14,17-19,21H,2-6,9-10,12-13,15-16H2,1H3,(H,22,23)/t17-,18+,19+/m0/s1. The SMILES string of the molecule is CCCCCCCC[C@H]1CC[C@@H](O)[C@@H]1CCC=CC=CC(=O)O. The van der Waals surface area contributed by atoms with Gasteiger partial charge < -0.3 is 10.2 Å². The molecule has 0 aromatic carbocycles. The maximum atomic E-state index is 10.4. The molecule has 3 nitrogen and oxygen atoms in total. The lowest BCUT2D eigenvalue weighted by Gasteiger charge is -2.21. The van der Waals surface area contributed by atoms with Crippen LogP contribution < -0.4 is 0 Å². The van der Waals surface area contributed by atoms with Crippen molar-refractivity contribution in [3.63, 3.8) is 0 Å². The van der Waals surface area contributed by atoms with Gasteiger partial charge in [0.25, 0.3) is 0 Å². The molecule has 132 valence electrons. The molecule has 1 fully saturated rings. The molecule has 1 aliphatic carbocycles. The molecule has 0 saturated heterocycles. The number of aliphatic hydroxyl groups excluding tert-OH is 1. The average Bonchev–Trinajstić information content (AvgIpc) is 2.86. The molecular formula is C20H34O3. The molecule has 0 unspecified atom stereocenters. The third-order valence-electron chi connectivity index (χ3n) is 5.01. The van der Waals surface area contributed by atoms with Gasteiger partial charge in [0, 0.05) is 6.08 Å². The van der Waals surface area contributed by atoms with Gasteiger partial charge in [-0.3, -0.25) is 0 Å². The quantitative estimate of drug-likeness (QED) is 0.298. The molecule has 1 saturated carbocycles. The van der Waals surface area contributed by atoms with Crippen LogP contribution in [0.2, 0.25) is 0 Å². The van der Waals surface area contributed by atoms with E-state index in [4.69, 9.17) is 5.11 Å². The first kappa shape index (κ1) is 20.0. The van der Waals surface area contributed by atoms with Gasteiger partial charge >= 0.3 is 5.97 Å². The Balaban J connectivity index is 2.21. The van der Waals surface area contributed by atoms with Gasteiger partial charge in [0.2, 0.25) is 0 Å². The van der Waals surface area contributed by atoms with Crippen LogP contribution in [0.5, 0.6) is 0 Å². The summed E-state index contributed by atoms with van der Waals surface area (Å²) < 4.78 is 0. The zero-order chi connectivity index (χ0) is 16.9. The Bertz CT molecular complexity index is 373. The number of unbranched alkanes of at least 4 members (excludes halogenated alkanes) is 5. The maximum Gasteiger partial charge on any atom is 0.328 e. The zero-order valence-electron chi connectivity index (χ0n) is 14.6. The number of carboxylic acid groups (broad SMARTS) is 1. The Morgan fingerprint density at radius 2 is 1.78 bits per heavy atom. The van der Waals surface area contributed by atoms with Crippen LogP contribution in [0.15, 0.2) is 24.3 Å². The van der Waals surface area contributed by atoms with Crippen LogP contribution in [0.1, 0.15) is 77.6 Å². The van der Waals surface area contributed by atoms with Crippen LogP contribution in [0.3, 0.4) is 0 Å². The smallest absolute Gasteiger partial charge is 0.328 e. The highest BCUT2D eigenvalue weighted by Crippen LogP contribution is 2.38. The number of aliphatic hydroxyl groups is 1. The number of carboxylic acids is 1. The van der Waals surface area contributed by atoms with Crippen molar-refractivity contribution in [3.8, 4) is 0 Å². The highest BCUT2D eigenvalue weighted by molar-refractivity contribution is 5.80. The molecule has 0 aromatic rings. The Morgan fingerprint density at radius 1 is 1.04 bits per heavy atom. The fraction of sp³-hybridized carbons (Fsp3) is 0.750. The molecule has 1 rings (SSSR count). The lowest BCUT2D eigenvalue weighted by Crippen LogP contribution is -2.19. The second-order valence-corrected chi connectivity index (χ2v) is 6.83. The Hall–Kier alpha value is -1.09. The molecule has 2 N–H and O–H groups in total. The van der Waals surface area contributed by atoms with Gasteiger partial charge in [-0.1, -0.05) is 70.1 Å². The Labute approximate surface area is 141 Å². The minimum atomic E-state index is -0.917. The fourth-order valence-electron chi connectivity index (χ4n) is 3.70. The van der Waals surface area contributed by atoms with Crippen molar-refractivity contribution in [2.24, 2.45) is 11.8 Å². The van der Waals surface area contributed by atoms with Crippen molar-refractivity contribution in [2.75, 3.05) is 0 Å². The topological polar surface area (TPSA) is 57.5 Å². The van der Waals surface area contributed by atoms with E-state index in [1.54, 1.807) is 12.2 Å². The molecule has 0 amide bonds. The lowest BCUT2D eigenvalue weighted by molar-refractivity contribution is -0.131. The van der Waals surface area contributed by atoms with Crippen LogP contribution in [-0.2, 0) is 4.79 Å². The molecule has 0 aromatic heterocycles. The van der Waals surface area contributed by atoms with Crippen LogP contribution >= 0.6 is 0 Å². The van der Waals surface area contributed by atoms with Crippen LogP contribution in [0, 0.1) is 11.8 Å². The second-order valence-electron chi connectivity index (χ2n) is 6.83. The number of hydrogen-bond donors (Lipinski definition) is 2. The molecule has 3 atom stereocenters. The number of allylic oxidation sites excluding steroid dienone is 3. The molecule has 1 aliphatic rings. The summed E-state index contributed by atoms with van der Waals surface area (Å²) in [4.78, 5) is 10.4. The van der Waals surface area contributed by atoms with Crippen molar-refractivity contribution >= 4 is 5.97 Å². The molecule has 0 radical (unpaired) electrons. The normalized spacial score (nSPS) is 24.9. The van der Waals surface area contributed by atoms with E-state index in [1.807, 2.05) is 6.08 Å². The van der Waals surface area contributed by atoms with E-state index in [2.05, 4.69) is 6.92 Å². The van der Waals surface area contributed by atoms with Gasteiger partial charge in [0.05, 0.1) is 6.10 Å². The van der Waals surface area contributed by atoms with Gasteiger partial charge in [0.1, 0.15) is 0 Å². The first-order valence-electron chi connectivity index (χ1n) is 9.39. The van der Waals surface area contributed by atoms with Gasteiger partial charge in [0.15, 0.2) is 0 Å². The Morgan fingerprint density at radius 3 is 2.52 bits per heavy atom. The number of carbonyl (C=O) groups is 1. The van der Waals surface area contributed by atoms with Gasteiger partial charge in [-0.2, -0.15) is 0 Å². The lowest BCUT2D eigenvalue weighted by atomic mass is 9.86. The third-order valence-corrected chi connectivity index (χ3v) is 5.01. The maximum absolute atomic E-state index is 10.4. The van der Waals surface area contributed by atoms with E-state index in [0.717, 1.165) is 25.3 Å². The van der Waals surface area contributed by atoms with Crippen molar-refractivity contribution in [1.82, 2.24) is 0 Å². The summed E-state index contributed by atoms with van der Waals surface area (Å²) in [5, 5.41) is 18.7. The molecular weight excluding hydrogens is 288 g/mol. The summed E-state index contributed by atoms with van der Waals surface area (Å²) in [6.45, 7) is 2.25. The molecule has 23 heavy (non-hydrogen) atoms. The summed E-state index contributed by atoms with van der Waals surface area (Å²) in [5.74, 6) is 0.192. The third kappa shape index (κ3) is 8.95. The van der Waals surface area contributed by atoms with E-state index >= 15 is 0 Å². The van der Waals surface area contributed by atoms with Gasteiger partial charge in [-0.15, -0.1) is 0 Å². The van der Waals surface area contributed by atoms with E-state index < -0.39 is 5.97 Å². The molecule has 3 heteroatoms. The largest absolute Gasteiger partial charge is 0.478 e. The summed E-state index contributed by atoms with van der Waals surface area (Å²) in [5.41, 5.74) is 0. The van der Waals surface area contributed by atoms with Crippen molar-refractivity contribution in [3.05, 3.63) is 24.3 Å². The van der Waals surface area contributed by atoms with E-state index in [-0.39, 0.29) is 6.10 Å². The predicted octanol–water partition coefficient (Wildman–Crippen LogP) is 5.10. The first-order chi connectivity index (χ1) is 11.1. The second kappa shape index (κ2) is 12.3. The number of hydrogen-bond acceptors (Lipinski definition) is 2. The summed E-state index contributed by atoms with van der Waals surface area (Å²) >= 11 is 0. The molecule has 0 heterocycles. The van der Waals surface area contributed by atoms with Crippen molar-refractivity contribution in [2.45, 2.75) is 83.7 Å². The van der Waals surface area contributed by atoms with Crippen molar-refractivity contribution in [1.29, 1.82) is 0 Å². The zero-order valence-corrected chi connectivity index (χ0v) is 14.6. The van der Waals surface area contributed by atoms with E-state index in [0.29, 0.717) is 11.8 Å². The van der Waals surface area contributed by atoms with Crippen LogP contribution in [0.25, 0.3) is 0 Å². The highest BCUT2D eigenvalue weighted by atomic mass is 16.4. The minimum Gasteiger partial charge on any atom is -0.478 e. The highest BCUT2D eigenvalue weighted by Gasteiger charge is 2.33. The molecule has 0 bridgehead atoms. The minimum absolute atomic E-state index is 0.136. The first-order valence-corrected chi connectivity index (χ1v) is 9.39. The summed E-state index contributed by atoms with van der Waals surface area (Å²) in [6, 6.07) is 0. The number of rotatable bonds is 12. The predicted molar refractivity (Wildman–Crippen MR) is 95.4 cm³/mol. The van der Waals surface area contributed by atoms with E-state index in [1.165, 1.54) is 51.4 Å². The Kier molecular flexibility index (Phi) is 10.7. The van der Waals surface area contributed by atoms with Crippen LogP contribution in [0.4, 0.5) is 0 Å². The average molecular weight is 322 g/mol. The monoisotopic (exact) mass is 322 g/mol. The van der Waals surface area contributed by atoms with Gasteiger partial charge in [-0.05, 0) is 37.5 Å². The van der Waals surface area contributed by atoms with Gasteiger partial charge in [-0.25, -0.2) is 4.79 Å². The van der Waals surface area contributed by atoms with Crippen molar-refractivity contribution < 1.29 is 15.0 Å². The molecule has 0 spiro atoms.